The minimum absolute atomic E-state index is 0.212. The lowest BCUT2D eigenvalue weighted by Crippen LogP contribution is -2.18. The van der Waals surface area contributed by atoms with E-state index in [-0.39, 0.29) is 11.8 Å². The number of nitrogens with one attached hydrogen (secondary N) is 2. The number of rotatable bonds is 6. The fourth-order valence-electron chi connectivity index (χ4n) is 3.62. The van der Waals surface area contributed by atoms with Crippen LogP contribution in [0.3, 0.4) is 0 Å². The van der Waals surface area contributed by atoms with Crippen molar-refractivity contribution < 1.29 is 9.59 Å². The van der Waals surface area contributed by atoms with Crippen molar-refractivity contribution in [2.24, 2.45) is 0 Å². The van der Waals surface area contributed by atoms with Crippen molar-refractivity contribution in [1.82, 2.24) is 19.9 Å². The Balaban J connectivity index is 1.61. The SMILES string of the molecule is CC(=O)Nc1cc(-c2cncc(-c3cc(NC(=O)c4ccnc(C(C)(C)C#N)c4)ccc3C)n2)ccn1. The molecule has 0 fully saturated rings. The second-order valence-corrected chi connectivity index (χ2v) is 9.05. The highest BCUT2D eigenvalue weighted by Crippen LogP contribution is 2.28. The number of carbonyl (C=O) groups is 2. The number of aromatic nitrogens is 4. The summed E-state index contributed by atoms with van der Waals surface area (Å²) in [5.41, 5.74) is 4.48. The predicted molar refractivity (Wildman–Crippen MR) is 141 cm³/mol. The lowest BCUT2D eigenvalue weighted by molar-refractivity contribution is -0.114. The molecule has 9 nitrogen and oxygen atoms in total. The van der Waals surface area contributed by atoms with Crippen molar-refractivity contribution in [1.29, 1.82) is 5.26 Å². The first-order valence-electron chi connectivity index (χ1n) is 11.5. The van der Waals surface area contributed by atoms with Crippen molar-refractivity contribution in [2.45, 2.75) is 33.1 Å². The van der Waals surface area contributed by atoms with Gasteiger partial charge in [0.1, 0.15) is 5.82 Å². The number of nitriles is 1. The molecule has 184 valence electrons. The van der Waals surface area contributed by atoms with Gasteiger partial charge in [0.25, 0.3) is 5.91 Å². The molecule has 0 aliphatic heterocycles. The fourth-order valence-corrected chi connectivity index (χ4v) is 3.62. The van der Waals surface area contributed by atoms with Crippen LogP contribution in [0.4, 0.5) is 11.5 Å². The van der Waals surface area contributed by atoms with E-state index in [2.05, 4.69) is 31.7 Å². The Morgan fingerprint density at radius 1 is 0.946 bits per heavy atom. The molecule has 0 bridgehead atoms. The van der Waals surface area contributed by atoms with Gasteiger partial charge in [-0.05, 0) is 62.7 Å². The van der Waals surface area contributed by atoms with Gasteiger partial charge in [0.2, 0.25) is 5.91 Å². The summed E-state index contributed by atoms with van der Waals surface area (Å²) in [6, 6.07) is 14.5. The molecule has 4 aromatic rings. The fraction of sp³-hybridized carbons (Fsp3) is 0.179. The summed E-state index contributed by atoms with van der Waals surface area (Å²) in [5.74, 6) is -0.0967. The van der Waals surface area contributed by atoms with E-state index >= 15 is 0 Å². The Morgan fingerprint density at radius 2 is 1.70 bits per heavy atom. The first kappa shape index (κ1) is 25.1. The predicted octanol–water partition coefficient (Wildman–Crippen LogP) is 4.92. The third kappa shape index (κ3) is 5.82. The van der Waals surface area contributed by atoms with Gasteiger partial charge in [-0.3, -0.25) is 19.6 Å². The maximum Gasteiger partial charge on any atom is 0.255 e. The number of hydrogen-bond acceptors (Lipinski definition) is 7. The van der Waals surface area contributed by atoms with Crippen LogP contribution in [0.1, 0.15) is 42.4 Å². The average Bonchev–Trinajstić information content (AvgIpc) is 2.89. The van der Waals surface area contributed by atoms with E-state index in [1.54, 1.807) is 56.7 Å². The van der Waals surface area contributed by atoms with Gasteiger partial charge in [0.05, 0.1) is 41.0 Å². The Kier molecular flexibility index (Phi) is 7.02. The molecule has 3 aromatic heterocycles. The summed E-state index contributed by atoms with van der Waals surface area (Å²) in [7, 11) is 0. The molecule has 0 atom stereocenters. The Morgan fingerprint density at radius 3 is 2.46 bits per heavy atom. The van der Waals surface area contributed by atoms with Gasteiger partial charge in [-0.15, -0.1) is 0 Å². The lowest BCUT2D eigenvalue weighted by atomic mass is 9.90. The maximum absolute atomic E-state index is 13.0. The van der Waals surface area contributed by atoms with Crippen molar-refractivity contribution >= 4 is 23.3 Å². The van der Waals surface area contributed by atoms with Crippen LogP contribution in [0.5, 0.6) is 0 Å². The molecule has 3 heterocycles. The van der Waals surface area contributed by atoms with Crippen LogP contribution in [0.2, 0.25) is 0 Å². The van der Waals surface area contributed by atoms with Crippen molar-refractivity contribution in [3.05, 3.63) is 84.1 Å². The third-order valence-corrected chi connectivity index (χ3v) is 5.71. The quantitative estimate of drug-likeness (QED) is 0.391. The Bertz CT molecular complexity index is 1540. The van der Waals surface area contributed by atoms with Gasteiger partial charge in [-0.25, -0.2) is 9.97 Å². The molecule has 0 saturated carbocycles. The smallest absolute Gasteiger partial charge is 0.255 e. The van der Waals surface area contributed by atoms with Crippen molar-refractivity contribution in [3.63, 3.8) is 0 Å². The topological polar surface area (TPSA) is 134 Å². The Hall–Kier alpha value is -4.97. The highest BCUT2D eigenvalue weighted by atomic mass is 16.2. The normalized spacial score (nSPS) is 10.9. The highest BCUT2D eigenvalue weighted by molar-refractivity contribution is 6.04. The maximum atomic E-state index is 13.0. The number of pyridine rings is 2. The van der Waals surface area contributed by atoms with Gasteiger partial charge >= 0.3 is 0 Å². The molecule has 37 heavy (non-hydrogen) atoms. The molecular weight excluding hydrogens is 466 g/mol. The van der Waals surface area contributed by atoms with Crippen LogP contribution >= 0.6 is 0 Å². The summed E-state index contributed by atoms with van der Waals surface area (Å²) < 4.78 is 0. The summed E-state index contributed by atoms with van der Waals surface area (Å²) in [6.45, 7) is 6.88. The number of benzene rings is 1. The summed E-state index contributed by atoms with van der Waals surface area (Å²) in [6.07, 6.45) is 6.42. The molecule has 0 radical (unpaired) electrons. The minimum atomic E-state index is -0.811. The molecular formula is C28H25N7O2. The van der Waals surface area contributed by atoms with Crippen LogP contribution in [0, 0.1) is 18.3 Å². The van der Waals surface area contributed by atoms with E-state index in [4.69, 9.17) is 4.98 Å². The highest BCUT2D eigenvalue weighted by Gasteiger charge is 2.22. The molecule has 2 amide bonds. The zero-order valence-corrected chi connectivity index (χ0v) is 20.9. The Labute approximate surface area is 214 Å². The van der Waals surface area contributed by atoms with Crippen molar-refractivity contribution in [3.8, 4) is 28.6 Å². The van der Waals surface area contributed by atoms with Gasteiger partial charge in [-0.1, -0.05) is 6.07 Å². The largest absolute Gasteiger partial charge is 0.322 e. The van der Waals surface area contributed by atoms with Crippen molar-refractivity contribution in [2.75, 3.05) is 10.6 Å². The number of nitrogens with zero attached hydrogens (tertiary/aromatic N) is 5. The second-order valence-electron chi connectivity index (χ2n) is 9.05. The van der Waals surface area contributed by atoms with E-state index in [1.807, 2.05) is 25.1 Å². The van der Waals surface area contributed by atoms with E-state index in [9.17, 15) is 14.9 Å². The summed E-state index contributed by atoms with van der Waals surface area (Å²) in [5, 5.41) is 15.0. The van der Waals surface area contributed by atoms with E-state index < -0.39 is 5.41 Å². The van der Waals surface area contributed by atoms with Crippen LogP contribution < -0.4 is 10.6 Å². The summed E-state index contributed by atoms with van der Waals surface area (Å²) >= 11 is 0. The number of amides is 2. The molecule has 0 spiro atoms. The van der Waals surface area contributed by atoms with E-state index in [1.165, 1.54) is 13.1 Å². The molecule has 1 aromatic carbocycles. The first-order chi connectivity index (χ1) is 17.7. The van der Waals surface area contributed by atoms with Crippen LogP contribution in [-0.2, 0) is 10.2 Å². The second kappa shape index (κ2) is 10.3. The number of carbonyl (C=O) groups excluding carboxylic acids is 2. The van der Waals surface area contributed by atoms with E-state index in [0.717, 1.165) is 16.7 Å². The zero-order chi connectivity index (χ0) is 26.6. The number of aryl methyl sites for hydroxylation is 1. The van der Waals surface area contributed by atoms with E-state index in [0.29, 0.717) is 34.2 Å². The molecule has 0 aliphatic carbocycles. The molecule has 0 aliphatic rings. The standard InChI is InChI=1S/C28H25N7O2/c1-17-5-6-21(34-27(37)20-8-9-31-25(11-20)28(3,4)16-29)13-22(17)24-15-30-14-23(35-24)19-7-10-32-26(12-19)33-18(2)36/h5-15H,1-4H3,(H,34,37)(H,32,33,36). The van der Waals surface area contributed by atoms with Gasteiger partial charge < -0.3 is 10.6 Å². The van der Waals surface area contributed by atoms with Crippen LogP contribution in [0.15, 0.2) is 67.3 Å². The van der Waals surface area contributed by atoms with Gasteiger partial charge in [0.15, 0.2) is 0 Å². The van der Waals surface area contributed by atoms with Crippen LogP contribution in [-0.4, -0.2) is 31.8 Å². The van der Waals surface area contributed by atoms with Crippen LogP contribution in [0.25, 0.3) is 22.5 Å². The monoisotopic (exact) mass is 491 g/mol. The molecule has 4 rings (SSSR count). The minimum Gasteiger partial charge on any atom is -0.322 e. The molecule has 9 heteroatoms. The summed E-state index contributed by atoms with van der Waals surface area (Å²) in [4.78, 5) is 41.9. The average molecular weight is 492 g/mol. The third-order valence-electron chi connectivity index (χ3n) is 5.71. The number of anilines is 2. The molecule has 0 saturated heterocycles. The van der Waals surface area contributed by atoms with Gasteiger partial charge in [0, 0.05) is 41.7 Å². The van der Waals surface area contributed by atoms with Gasteiger partial charge in [-0.2, -0.15) is 5.26 Å². The zero-order valence-electron chi connectivity index (χ0n) is 20.9. The molecule has 0 unspecified atom stereocenters. The lowest BCUT2D eigenvalue weighted by Gasteiger charge is -2.15. The first-order valence-corrected chi connectivity index (χ1v) is 11.5. The number of hydrogen-bond donors (Lipinski definition) is 2. The molecule has 2 N–H and O–H groups in total.